The van der Waals surface area contributed by atoms with Crippen LogP contribution in [0.4, 0.5) is 5.95 Å². The van der Waals surface area contributed by atoms with Gasteiger partial charge in [0, 0.05) is 51.3 Å². The lowest BCUT2D eigenvalue weighted by atomic mass is 10.1. The first-order chi connectivity index (χ1) is 8.81. The van der Waals surface area contributed by atoms with E-state index in [4.69, 9.17) is 10.5 Å². The van der Waals surface area contributed by atoms with Gasteiger partial charge in [-0.2, -0.15) is 0 Å². The molecule has 0 atom stereocenters. The third kappa shape index (κ3) is 3.46. The second-order valence-corrected chi connectivity index (χ2v) is 4.80. The Bertz CT molecular complexity index is 345. The Balaban J connectivity index is 1.87. The van der Waals surface area contributed by atoms with Crippen molar-refractivity contribution in [3.8, 4) is 0 Å². The van der Waals surface area contributed by atoms with Gasteiger partial charge >= 0.3 is 0 Å². The predicted octanol–water partition coefficient (Wildman–Crippen LogP) is 1.24. The van der Waals surface area contributed by atoms with Gasteiger partial charge in [0.15, 0.2) is 0 Å². The number of nitrogens with two attached hydrogens (primary N) is 1. The van der Waals surface area contributed by atoms with Crippen LogP contribution in [0.3, 0.4) is 0 Å². The molecule has 0 radical (unpaired) electrons. The number of nitrogens with zero attached hydrogens (tertiary/aromatic N) is 3. The minimum atomic E-state index is 0.364. The molecule has 1 aromatic rings. The van der Waals surface area contributed by atoms with Gasteiger partial charge in [-0.25, -0.2) is 4.98 Å². The third-order valence-electron chi connectivity index (χ3n) is 3.41. The molecule has 1 aromatic heterocycles. The Morgan fingerprint density at radius 2 is 2.22 bits per heavy atom. The summed E-state index contributed by atoms with van der Waals surface area (Å²) in [6.45, 7) is 6.64. The maximum absolute atomic E-state index is 5.93. The molecule has 1 aliphatic heterocycles. The number of hydrogen-bond donors (Lipinski definition) is 1. The number of hydrogen-bond acceptors (Lipinski definition) is 4. The summed E-state index contributed by atoms with van der Waals surface area (Å²) >= 11 is 0. The average Bonchev–Trinajstić information content (AvgIpc) is 2.84. The van der Waals surface area contributed by atoms with Crippen LogP contribution in [0.2, 0.25) is 0 Å². The van der Waals surface area contributed by atoms with E-state index in [1.54, 1.807) is 0 Å². The fraction of sp³-hybridized carbons (Fsp3) is 0.769. The molecule has 0 aliphatic carbocycles. The van der Waals surface area contributed by atoms with Crippen molar-refractivity contribution in [1.29, 1.82) is 0 Å². The molecule has 102 valence electrons. The Kier molecular flexibility index (Phi) is 5.01. The van der Waals surface area contributed by atoms with E-state index >= 15 is 0 Å². The molecule has 0 aromatic carbocycles. The van der Waals surface area contributed by atoms with Crippen molar-refractivity contribution < 1.29 is 4.74 Å². The normalized spacial score (nSPS) is 17.3. The maximum atomic E-state index is 5.93. The van der Waals surface area contributed by atoms with E-state index < -0.39 is 0 Å². The van der Waals surface area contributed by atoms with Gasteiger partial charge in [-0.05, 0) is 26.2 Å². The number of imidazole rings is 1. The average molecular weight is 252 g/mol. The highest BCUT2D eigenvalue weighted by atomic mass is 16.5. The zero-order valence-corrected chi connectivity index (χ0v) is 11.2. The molecule has 18 heavy (non-hydrogen) atoms. The summed E-state index contributed by atoms with van der Waals surface area (Å²) in [6, 6.07) is 0.364. The summed E-state index contributed by atoms with van der Waals surface area (Å²) in [4.78, 5) is 6.81. The van der Waals surface area contributed by atoms with Crippen LogP contribution < -0.4 is 10.6 Å². The number of aromatic nitrogens is 2. The van der Waals surface area contributed by atoms with Crippen molar-refractivity contribution in [2.45, 2.75) is 38.8 Å². The molecular weight excluding hydrogens is 228 g/mol. The molecular formula is C13H24N4O. The Labute approximate surface area is 109 Å². The monoisotopic (exact) mass is 252 g/mol. The van der Waals surface area contributed by atoms with Crippen LogP contribution in [-0.4, -0.2) is 41.9 Å². The number of anilines is 1. The van der Waals surface area contributed by atoms with E-state index in [1.165, 1.54) is 0 Å². The zero-order chi connectivity index (χ0) is 12.8. The van der Waals surface area contributed by atoms with E-state index in [2.05, 4.69) is 20.6 Å². The van der Waals surface area contributed by atoms with E-state index in [9.17, 15) is 0 Å². The van der Waals surface area contributed by atoms with Crippen LogP contribution in [-0.2, 0) is 11.3 Å². The molecule has 2 N–H and O–H groups in total. The Morgan fingerprint density at radius 1 is 1.44 bits per heavy atom. The Hall–Kier alpha value is -1.07. The van der Waals surface area contributed by atoms with Crippen LogP contribution in [0.5, 0.6) is 0 Å². The summed E-state index contributed by atoms with van der Waals surface area (Å²) in [7, 11) is 0. The molecule has 0 unspecified atom stereocenters. The van der Waals surface area contributed by atoms with E-state index in [-0.39, 0.29) is 0 Å². The molecule has 2 rings (SSSR count). The standard InChI is InChI=1S/C13H24N4O/c1-2-18-11-3-7-16-10-6-15-13(16)17-8-4-12(14)5-9-17/h6,10,12H,2-5,7-9,11,14H2,1H3. The number of aryl methyl sites for hydroxylation is 1. The molecule has 0 spiro atoms. The SMILES string of the molecule is CCOCCCn1ccnc1N1CCC(N)CC1. The number of ether oxygens (including phenoxy) is 1. The first kappa shape index (κ1) is 13.4. The summed E-state index contributed by atoms with van der Waals surface area (Å²) in [5, 5.41) is 0. The Morgan fingerprint density at radius 3 is 2.94 bits per heavy atom. The second kappa shape index (κ2) is 6.75. The van der Waals surface area contributed by atoms with Crippen molar-refractivity contribution in [2.24, 2.45) is 5.73 Å². The second-order valence-electron chi connectivity index (χ2n) is 4.80. The van der Waals surface area contributed by atoms with Gasteiger partial charge < -0.3 is 19.9 Å². The van der Waals surface area contributed by atoms with Gasteiger partial charge in [-0.3, -0.25) is 0 Å². The zero-order valence-electron chi connectivity index (χ0n) is 11.2. The van der Waals surface area contributed by atoms with Gasteiger partial charge in [0.1, 0.15) is 0 Å². The molecule has 5 heteroatoms. The van der Waals surface area contributed by atoms with Gasteiger partial charge in [0.05, 0.1) is 0 Å². The van der Waals surface area contributed by atoms with Gasteiger partial charge in [0.25, 0.3) is 0 Å². The van der Waals surface area contributed by atoms with Crippen molar-refractivity contribution in [1.82, 2.24) is 9.55 Å². The van der Waals surface area contributed by atoms with Crippen molar-refractivity contribution in [3.05, 3.63) is 12.4 Å². The lowest BCUT2D eigenvalue weighted by molar-refractivity contribution is 0.141. The smallest absolute Gasteiger partial charge is 0.205 e. The number of piperidine rings is 1. The van der Waals surface area contributed by atoms with E-state index in [0.717, 1.165) is 58.1 Å². The van der Waals surface area contributed by atoms with Gasteiger partial charge in [0.2, 0.25) is 5.95 Å². The fourth-order valence-electron chi connectivity index (χ4n) is 2.34. The predicted molar refractivity (Wildman–Crippen MR) is 72.8 cm³/mol. The highest BCUT2D eigenvalue weighted by molar-refractivity contribution is 5.32. The molecule has 1 saturated heterocycles. The van der Waals surface area contributed by atoms with Crippen molar-refractivity contribution in [3.63, 3.8) is 0 Å². The van der Waals surface area contributed by atoms with Gasteiger partial charge in [-0.1, -0.05) is 0 Å². The lowest BCUT2D eigenvalue weighted by Gasteiger charge is -2.31. The molecule has 1 fully saturated rings. The van der Waals surface area contributed by atoms with Crippen LogP contribution >= 0.6 is 0 Å². The molecule has 5 nitrogen and oxygen atoms in total. The van der Waals surface area contributed by atoms with Crippen LogP contribution in [0.15, 0.2) is 12.4 Å². The third-order valence-corrected chi connectivity index (χ3v) is 3.41. The summed E-state index contributed by atoms with van der Waals surface area (Å²) in [5.74, 6) is 1.08. The van der Waals surface area contributed by atoms with Crippen molar-refractivity contribution in [2.75, 3.05) is 31.2 Å². The molecule has 0 saturated carbocycles. The van der Waals surface area contributed by atoms with E-state index in [0.29, 0.717) is 6.04 Å². The summed E-state index contributed by atoms with van der Waals surface area (Å²) in [6.07, 6.45) is 7.09. The lowest BCUT2D eigenvalue weighted by Crippen LogP contribution is -2.40. The maximum Gasteiger partial charge on any atom is 0.205 e. The molecule has 1 aliphatic rings. The van der Waals surface area contributed by atoms with E-state index in [1.807, 2.05) is 13.1 Å². The molecule has 2 heterocycles. The largest absolute Gasteiger partial charge is 0.382 e. The minimum absolute atomic E-state index is 0.364. The summed E-state index contributed by atoms with van der Waals surface area (Å²) in [5.41, 5.74) is 5.93. The topological polar surface area (TPSA) is 56.3 Å². The summed E-state index contributed by atoms with van der Waals surface area (Å²) < 4.78 is 7.59. The van der Waals surface area contributed by atoms with Gasteiger partial charge in [-0.15, -0.1) is 0 Å². The van der Waals surface area contributed by atoms with Crippen LogP contribution in [0.25, 0.3) is 0 Å². The first-order valence-corrected chi connectivity index (χ1v) is 6.90. The van der Waals surface area contributed by atoms with Crippen molar-refractivity contribution >= 4 is 5.95 Å². The molecule has 0 amide bonds. The highest BCUT2D eigenvalue weighted by Crippen LogP contribution is 2.17. The van der Waals surface area contributed by atoms with Crippen LogP contribution in [0.1, 0.15) is 26.2 Å². The molecule has 0 bridgehead atoms. The minimum Gasteiger partial charge on any atom is -0.382 e. The quantitative estimate of drug-likeness (QED) is 0.774. The number of rotatable bonds is 6. The highest BCUT2D eigenvalue weighted by Gasteiger charge is 2.19. The fourth-order valence-corrected chi connectivity index (χ4v) is 2.34. The first-order valence-electron chi connectivity index (χ1n) is 6.90. The van der Waals surface area contributed by atoms with Crippen LogP contribution in [0, 0.1) is 0 Å².